The van der Waals surface area contributed by atoms with E-state index in [2.05, 4.69) is 5.32 Å². The van der Waals surface area contributed by atoms with Gasteiger partial charge in [-0.2, -0.15) is 0 Å². The van der Waals surface area contributed by atoms with Gasteiger partial charge in [-0.1, -0.05) is 66.7 Å². The van der Waals surface area contributed by atoms with Gasteiger partial charge in [-0.05, 0) is 29.5 Å². The lowest BCUT2D eigenvalue weighted by Crippen LogP contribution is -2.38. The number of ketones is 1. The van der Waals surface area contributed by atoms with E-state index in [1.807, 2.05) is 66.0 Å². The Kier molecular flexibility index (Phi) is 7.51. The second-order valence-electron chi connectivity index (χ2n) is 6.80. The fourth-order valence-electron chi connectivity index (χ4n) is 3.00. The zero-order chi connectivity index (χ0) is 21.3. The van der Waals surface area contributed by atoms with Gasteiger partial charge in [0, 0.05) is 6.42 Å². The van der Waals surface area contributed by atoms with Crippen LogP contribution in [0.4, 0.5) is 0 Å². The summed E-state index contributed by atoms with van der Waals surface area (Å²) in [5.41, 5.74) is 1.86. The van der Waals surface area contributed by atoms with Crippen LogP contribution < -0.4 is 5.32 Å². The summed E-state index contributed by atoms with van der Waals surface area (Å²) in [7, 11) is 0. The molecule has 6 heteroatoms. The Balaban J connectivity index is 1.58. The van der Waals surface area contributed by atoms with Gasteiger partial charge in [0.2, 0.25) is 0 Å². The first-order chi connectivity index (χ1) is 14.5. The lowest BCUT2D eigenvalue weighted by molar-refractivity contribution is -0.154. The van der Waals surface area contributed by atoms with E-state index in [1.54, 1.807) is 12.1 Å². The van der Waals surface area contributed by atoms with Gasteiger partial charge in [0.15, 0.2) is 11.9 Å². The summed E-state index contributed by atoms with van der Waals surface area (Å²) < 4.78 is 5.25. The van der Waals surface area contributed by atoms with Gasteiger partial charge >= 0.3 is 5.97 Å². The molecule has 0 unspecified atom stereocenters. The maximum absolute atomic E-state index is 12.7. The maximum atomic E-state index is 12.7. The number of hydrogen-bond acceptors (Lipinski definition) is 5. The van der Waals surface area contributed by atoms with Crippen molar-refractivity contribution in [2.75, 3.05) is 0 Å². The molecule has 0 aliphatic carbocycles. The van der Waals surface area contributed by atoms with E-state index < -0.39 is 18.0 Å². The monoisotopic (exact) mass is 421 g/mol. The maximum Gasteiger partial charge on any atom is 0.307 e. The fourth-order valence-corrected chi connectivity index (χ4v) is 3.69. The third-order valence-electron chi connectivity index (χ3n) is 4.58. The number of ether oxygens (including phenoxy) is 1. The number of rotatable bonds is 9. The summed E-state index contributed by atoms with van der Waals surface area (Å²) in [4.78, 5) is 37.4. The van der Waals surface area contributed by atoms with Crippen LogP contribution in [0, 0.1) is 0 Å². The lowest BCUT2D eigenvalue weighted by atomic mass is 9.98. The molecule has 30 heavy (non-hydrogen) atoms. The first kappa shape index (κ1) is 21.5. The highest BCUT2D eigenvalue weighted by molar-refractivity contribution is 7.12. The van der Waals surface area contributed by atoms with Crippen molar-refractivity contribution >= 4 is 29.0 Å². The predicted molar refractivity (Wildman–Crippen MR) is 116 cm³/mol. The average molecular weight is 422 g/mol. The number of carbonyl (C=O) groups excluding carboxylic acids is 3. The van der Waals surface area contributed by atoms with Crippen molar-refractivity contribution in [1.29, 1.82) is 0 Å². The van der Waals surface area contributed by atoms with E-state index in [4.69, 9.17) is 4.74 Å². The fraction of sp³-hybridized carbons (Fsp3) is 0.208. The number of hydrogen-bond donors (Lipinski definition) is 1. The molecule has 154 valence electrons. The van der Waals surface area contributed by atoms with Gasteiger partial charge in [0.05, 0.1) is 17.3 Å². The molecule has 0 spiro atoms. The highest BCUT2D eigenvalue weighted by atomic mass is 32.1. The van der Waals surface area contributed by atoms with Crippen LogP contribution in [0.15, 0.2) is 78.2 Å². The minimum absolute atomic E-state index is 0.0599. The number of esters is 1. The summed E-state index contributed by atoms with van der Waals surface area (Å²) in [5.74, 6) is -1.07. The molecule has 3 rings (SSSR count). The van der Waals surface area contributed by atoms with Gasteiger partial charge in [0.1, 0.15) is 0 Å². The number of Topliss-reactive ketones (excluding diaryl/α,β-unsaturated/α-hetero) is 1. The molecule has 1 amide bonds. The summed E-state index contributed by atoms with van der Waals surface area (Å²) in [5, 5.41) is 4.77. The van der Waals surface area contributed by atoms with Crippen molar-refractivity contribution in [3.05, 3.63) is 94.2 Å². The highest BCUT2D eigenvalue weighted by Gasteiger charge is 2.23. The van der Waals surface area contributed by atoms with E-state index in [0.717, 1.165) is 11.1 Å². The van der Waals surface area contributed by atoms with Crippen LogP contribution in [0.1, 0.15) is 46.6 Å². The number of amides is 1. The molecule has 5 nitrogen and oxygen atoms in total. The van der Waals surface area contributed by atoms with Crippen LogP contribution in [-0.4, -0.2) is 23.8 Å². The third-order valence-corrected chi connectivity index (χ3v) is 5.49. The van der Waals surface area contributed by atoms with Crippen molar-refractivity contribution in [3.8, 4) is 0 Å². The molecule has 1 atom stereocenters. The number of nitrogens with one attached hydrogen (secondary N) is 1. The van der Waals surface area contributed by atoms with Crippen LogP contribution >= 0.6 is 11.3 Å². The molecule has 0 aliphatic heterocycles. The standard InChI is InChI=1S/C24H23NO4S/c1-17(29-22(27)15-14-20(26)21-13-8-16-30-21)24(28)25-23(18-9-4-2-5-10-18)19-11-6-3-7-12-19/h2-13,16-17,23H,14-15H2,1H3,(H,25,28)/t17-/m1/s1. The molecular formula is C24H23NO4S. The molecule has 0 bridgehead atoms. The zero-order valence-electron chi connectivity index (χ0n) is 16.6. The smallest absolute Gasteiger partial charge is 0.307 e. The highest BCUT2D eigenvalue weighted by Crippen LogP contribution is 2.22. The summed E-state index contributed by atoms with van der Waals surface area (Å²) >= 11 is 1.34. The van der Waals surface area contributed by atoms with Crippen LogP contribution in [0.25, 0.3) is 0 Å². The minimum atomic E-state index is -0.968. The predicted octanol–water partition coefficient (Wildman–Crippen LogP) is 4.55. The Labute approximate surface area is 179 Å². The SMILES string of the molecule is C[C@@H](OC(=O)CCC(=O)c1cccs1)C(=O)NC(c1ccccc1)c1ccccc1. The molecule has 0 saturated carbocycles. The van der Waals surface area contributed by atoms with Gasteiger partial charge in [-0.25, -0.2) is 0 Å². The molecule has 1 heterocycles. The molecule has 0 fully saturated rings. The second kappa shape index (κ2) is 10.5. The summed E-state index contributed by atoms with van der Waals surface area (Å²) in [6.45, 7) is 1.53. The number of thiophene rings is 1. The van der Waals surface area contributed by atoms with Crippen molar-refractivity contribution in [3.63, 3.8) is 0 Å². The van der Waals surface area contributed by atoms with E-state index in [9.17, 15) is 14.4 Å². The van der Waals surface area contributed by atoms with E-state index in [0.29, 0.717) is 4.88 Å². The van der Waals surface area contributed by atoms with Gasteiger partial charge < -0.3 is 10.1 Å². The normalized spacial score (nSPS) is 11.7. The molecule has 0 radical (unpaired) electrons. The van der Waals surface area contributed by atoms with Crippen molar-refractivity contribution < 1.29 is 19.1 Å². The van der Waals surface area contributed by atoms with Gasteiger partial charge in [0.25, 0.3) is 5.91 Å². The minimum Gasteiger partial charge on any atom is -0.453 e. The first-order valence-electron chi connectivity index (χ1n) is 9.71. The van der Waals surface area contributed by atoms with Gasteiger partial charge in [-0.3, -0.25) is 14.4 Å². The summed E-state index contributed by atoms with van der Waals surface area (Å²) in [6.07, 6.45) is -0.969. The average Bonchev–Trinajstić information content (AvgIpc) is 3.32. The second-order valence-corrected chi connectivity index (χ2v) is 7.74. The van der Waals surface area contributed by atoms with E-state index >= 15 is 0 Å². The van der Waals surface area contributed by atoms with Gasteiger partial charge in [-0.15, -0.1) is 11.3 Å². The Morgan fingerprint density at radius 1 is 0.867 bits per heavy atom. The van der Waals surface area contributed by atoms with Crippen molar-refractivity contribution in [1.82, 2.24) is 5.32 Å². The first-order valence-corrected chi connectivity index (χ1v) is 10.6. The Bertz CT molecular complexity index is 931. The number of benzene rings is 2. The molecular weight excluding hydrogens is 398 g/mol. The van der Waals surface area contributed by atoms with Crippen molar-refractivity contribution in [2.45, 2.75) is 31.9 Å². The largest absolute Gasteiger partial charge is 0.453 e. The quantitative estimate of drug-likeness (QED) is 0.406. The molecule has 0 saturated heterocycles. The molecule has 2 aromatic carbocycles. The van der Waals surface area contributed by atoms with E-state index in [-0.39, 0.29) is 24.7 Å². The topological polar surface area (TPSA) is 72.5 Å². The van der Waals surface area contributed by atoms with Crippen molar-refractivity contribution in [2.24, 2.45) is 0 Å². The molecule has 3 aromatic rings. The van der Waals surface area contributed by atoms with E-state index in [1.165, 1.54) is 18.3 Å². The zero-order valence-corrected chi connectivity index (χ0v) is 17.4. The van der Waals surface area contributed by atoms with Crippen LogP contribution in [0.3, 0.4) is 0 Å². The molecule has 1 aromatic heterocycles. The molecule has 1 N–H and O–H groups in total. The Hall–Kier alpha value is -3.25. The molecule has 0 aliphatic rings. The van der Waals surface area contributed by atoms with Crippen LogP contribution in [0.2, 0.25) is 0 Å². The third kappa shape index (κ3) is 5.87. The number of carbonyl (C=O) groups is 3. The van der Waals surface area contributed by atoms with Crippen LogP contribution in [-0.2, 0) is 14.3 Å². The Morgan fingerprint density at radius 2 is 1.47 bits per heavy atom. The lowest BCUT2D eigenvalue weighted by Gasteiger charge is -2.22. The van der Waals surface area contributed by atoms with Crippen LogP contribution in [0.5, 0.6) is 0 Å². The Morgan fingerprint density at radius 3 is 2.00 bits per heavy atom. The summed E-state index contributed by atoms with van der Waals surface area (Å²) in [6, 6.07) is 22.4.